The third-order valence-corrected chi connectivity index (χ3v) is 6.72. The Balaban J connectivity index is 1.98. The molecule has 7 nitrogen and oxygen atoms in total. The minimum atomic E-state index is -3.57. The van der Waals surface area contributed by atoms with Crippen LogP contribution in [0.25, 0.3) is 0 Å². The van der Waals surface area contributed by atoms with Crippen LogP contribution in [0.5, 0.6) is 11.5 Å². The Labute approximate surface area is 159 Å². The molecule has 2 aromatic rings. The standard InChI is InChI=1S/C19H24N2O5S/c1-14-10-17(25-2)18(26-3)11-15(14)12-20-13-16(6-7-19(20)22)27(23,24)21-8-4-5-9-21/h6-7,10-11,13H,4-5,8-9,12H2,1-3H3. The van der Waals surface area contributed by atoms with Crippen molar-refractivity contribution in [1.82, 2.24) is 8.87 Å². The van der Waals surface area contributed by atoms with Gasteiger partial charge in [-0.3, -0.25) is 4.79 Å². The van der Waals surface area contributed by atoms with Crippen LogP contribution >= 0.6 is 0 Å². The molecule has 0 unspecified atom stereocenters. The minimum Gasteiger partial charge on any atom is -0.493 e. The van der Waals surface area contributed by atoms with Crippen LogP contribution in [0.2, 0.25) is 0 Å². The molecule has 1 aromatic heterocycles. The van der Waals surface area contributed by atoms with Crippen molar-refractivity contribution in [3.63, 3.8) is 0 Å². The number of sulfonamides is 1. The number of rotatable bonds is 6. The van der Waals surface area contributed by atoms with E-state index in [1.165, 1.54) is 27.2 Å². The summed E-state index contributed by atoms with van der Waals surface area (Å²) in [5.41, 5.74) is 1.52. The van der Waals surface area contributed by atoms with E-state index in [0.29, 0.717) is 24.6 Å². The number of ether oxygens (including phenoxy) is 2. The predicted molar refractivity (Wildman–Crippen MR) is 102 cm³/mol. The lowest BCUT2D eigenvalue weighted by Gasteiger charge is -2.17. The van der Waals surface area contributed by atoms with E-state index >= 15 is 0 Å². The van der Waals surface area contributed by atoms with Gasteiger partial charge in [-0.15, -0.1) is 0 Å². The van der Waals surface area contributed by atoms with Crippen molar-refractivity contribution in [2.45, 2.75) is 31.2 Å². The van der Waals surface area contributed by atoms with Crippen molar-refractivity contribution < 1.29 is 17.9 Å². The molecule has 1 aromatic carbocycles. The third-order valence-electron chi connectivity index (χ3n) is 4.84. The van der Waals surface area contributed by atoms with E-state index in [2.05, 4.69) is 0 Å². The van der Waals surface area contributed by atoms with Crippen LogP contribution in [0, 0.1) is 6.92 Å². The second kappa shape index (κ2) is 7.74. The number of pyridine rings is 1. The average Bonchev–Trinajstić information content (AvgIpc) is 3.20. The Kier molecular flexibility index (Phi) is 5.57. The fraction of sp³-hybridized carbons (Fsp3) is 0.421. The first-order valence-corrected chi connectivity index (χ1v) is 10.2. The SMILES string of the molecule is COc1cc(C)c(Cn2cc(S(=O)(=O)N3CCCC3)ccc2=O)cc1OC. The number of hydrogen-bond donors (Lipinski definition) is 0. The minimum absolute atomic E-state index is 0.141. The molecule has 1 fully saturated rings. The highest BCUT2D eigenvalue weighted by atomic mass is 32.2. The predicted octanol–water partition coefficient (Wildman–Crippen LogP) is 2.01. The Hall–Kier alpha value is -2.32. The summed E-state index contributed by atoms with van der Waals surface area (Å²) in [5, 5.41) is 0. The first kappa shape index (κ1) is 19.4. The van der Waals surface area contributed by atoms with Gasteiger partial charge >= 0.3 is 0 Å². The molecule has 2 heterocycles. The van der Waals surface area contributed by atoms with Crippen LogP contribution in [-0.2, 0) is 16.6 Å². The Morgan fingerprint density at radius 1 is 1.04 bits per heavy atom. The number of nitrogens with zero attached hydrogens (tertiary/aromatic N) is 2. The monoisotopic (exact) mass is 392 g/mol. The lowest BCUT2D eigenvalue weighted by molar-refractivity contribution is 0.354. The van der Waals surface area contributed by atoms with Crippen molar-refractivity contribution in [2.24, 2.45) is 0 Å². The van der Waals surface area contributed by atoms with Crippen LogP contribution in [-0.4, -0.2) is 44.6 Å². The van der Waals surface area contributed by atoms with E-state index in [9.17, 15) is 13.2 Å². The van der Waals surface area contributed by atoms with Crippen molar-refractivity contribution in [2.75, 3.05) is 27.3 Å². The third kappa shape index (κ3) is 3.86. The van der Waals surface area contributed by atoms with Crippen molar-refractivity contribution in [3.8, 4) is 11.5 Å². The zero-order chi connectivity index (χ0) is 19.6. The maximum absolute atomic E-state index is 12.8. The molecule has 0 saturated carbocycles. The lowest BCUT2D eigenvalue weighted by atomic mass is 10.1. The quantitative estimate of drug-likeness (QED) is 0.751. The molecule has 0 spiro atoms. The van der Waals surface area contributed by atoms with Gasteiger partial charge in [0.15, 0.2) is 11.5 Å². The van der Waals surface area contributed by atoms with Crippen LogP contribution < -0.4 is 15.0 Å². The smallest absolute Gasteiger partial charge is 0.250 e. The van der Waals surface area contributed by atoms with Gasteiger partial charge in [0.25, 0.3) is 5.56 Å². The van der Waals surface area contributed by atoms with Crippen LogP contribution in [0.1, 0.15) is 24.0 Å². The van der Waals surface area contributed by atoms with E-state index in [0.717, 1.165) is 24.0 Å². The van der Waals surface area contributed by atoms with E-state index in [4.69, 9.17) is 9.47 Å². The molecule has 3 rings (SSSR count). The highest BCUT2D eigenvalue weighted by Crippen LogP contribution is 2.30. The molecule has 1 aliphatic rings. The largest absolute Gasteiger partial charge is 0.493 e. The van der Waals surface area contributed by atoms with Gasteiger partial charge in [-0.05, 0) is 49.1 Å². The molecular weight excluding hydrogens is 368 g/mol. The maximum Gasteiger partial charge on any atom is 0.250 e. The van der Waals surface area contributed by atoms with E-state index in [-0.39, 0.29) is 17.0 Å². The fourth-order valence-corrected chi connectivity index (χ4v) is 4.78. The van der Waals surface area contributed by atoms with Gasteiger partial charge in [-0.2, -0.15) is 4.31 Å². The van der Waals surface area contributed by atoms with Crippen molar-refractivity contribution >= 4 is 10.0 Å². The molecule has 27 heavy (non-hydrogen) atoms. The Morgan fingerprint density at radius 3 is 2.30 bits per heavy atom. The van der Waals surface area contributed by atoms with Gasteiger partial charge in [0.1, 0.15) is 0 Å². The van der Waals surface area contributed by atoms with Gasteiger partial charge in [0, 0.05) is 25.4 Å². The summed E-state index contributed by atoms with van der Waals surface area (Å²) in [6.45, 7) is 3.20. The number of benzene rings is 1. The summed E-state index contributed by atoms with van der Waals surface area (Å²) in [5.74, 6) is 1.17. The van der Waals surface area contributed by atoms with E-state index in [1.807, 2.05) is 19.1 Å². The topological polar surface area (TPSA) is 77.8 Å². The maximum atomic E-state index is 12.8. The lowest BCUT2D eigenvalue weighted by Crippen LogP contribution is -2.29. The summed E-state index contributed by atoms with van der Waals surface area (Å²) < 4.78 is 39.1. The number of aryl methyl sites for hydroxylation is 1. The summed E-state index contributed by atoms with van der Waals surface area (Å²) >= 11 is 0. The van der Waals surface area contributed by atoms with Gasteiger partial charge in [-0.1, -0.05) is 0 Å². The average molecular weight is 392 g/mol. The summed E-state index contributed by atoms with van der Waals surface area (Å²) in [6.07, 6.45) is 3.15. The first-order valence-electron chi connectivity index (χ1n) is 8.79. The summed E-state index contributed by atoms with van der Waals surface area (Å²) in [4.78, 5) is 12.5. The van der Waals surface area contributed by atoms with Gasteiger partial charge in [-0.25, -0.2) is 8.42 Å². The molecule has 1 aliphatic heterocycles. The normalized spacial score (nSPS) is 15.1. The summed E-state index contributed by atoms with van der Waals surface area (Å²) in [7, 11) is -0.463. The van der Waals surface area contributed by atoms with Crippen LogP contribution in [0.15, 0.2) is 40.2 Å². The zero-order valence-corrected chi connectivity index (χ0v) is 16.6. The zero-order valence-electron chi connectivity index (χ0n) is 15.8. The highest BCUT2D eigenvalue weighted by molar-refractivity contribution is 7.89. The highest BCUT2D eigenvalue weighted by Gasteiger charge is 2.27. The molecule has 0 aliphatic carbocycles. The molecule has 146 valence electrons. The first-order chi connectivity index (χ1) is 12.9. The van der Waals surface area contributed by atoms with Gasteiger partial charge < -0.3 is 14.0 Å². The molecule has 0 radical (unpaired) electrons. The number of hydrogen-bond acceptors (Lipinski definition) is 5. The van der Waals surface area contributed by atoms with Crippen molar-refractivity contribution in [1.29, 1.82) is 0 Å². The van der Waals surface area contributed by atoms with Crippen LogP contribution in [0.3, 0.4) is 0 Å². The molecule has 0 bridgehead atoms. The van der Waals surface area contributed by atoms with Crippen molar-refractivity contribution in [3.05, 3.63) is 51.9 Å². The molecular formula is C19H24N2O5S. The molecule has 8 heteroatoms. The fourth-order valence-electron chi connectivity index (χ4n) is 3.24. The molecule has 1 saturated heterocycles. The molecule has 0 N–H and O–H groups in total. The second-order valence-corrected chi connectivity index (χ2v) is 8.51. The number of aromatic nitrogens is 1. The van der Waals surface area contributed by atoms with E-state index < -0.39 is 10.0 Å². The van der Waals surface area contributed by atoms with E-state index in [1.54, 1.807) is 14.2 Å². The van der Waals surface area contributed by atoms with Crippen LogP contribution in [0.4, 0.5) is 0 Å². The Morgan fingerprint density at radius 2 is 1.67 bits per heavy atom. The molecule has 0 atom stereocenters. The number of methoxy groups -OCH3 is 2. The van der Waals surface area contributed by atoms with Gasteiger partial charge in [0.05, 0.1) is 25.7 Å². The summed E-state index contributed by atoms with van der Waals surface area (Å²) in [6, 6.07) is 6.33. The second-order valence-electron chi connectivity index (χ2n) is 6.58. The Bertz CT molecular complexity index is 992. The van der Waals surface area contributed by atoms with Gasteiger partial charge in [0.2, 0.25) is 10.0 Å². The molecule has 0 amide bonds.